The zero-order valence-electron chi connectivity index (χ0n) is 9.47. The number of aliphatic hydroxyl groups excluding tert-OH is 1. The summed E-state index contributed by atoms with van der Waals surface area (Å²) in [5.41, 5.74) is 0.768. The van der Waals surface area contributed by atoms with Crippen molar-refractivity contribution < 1.29 is 19.4 Å². The number of aliphatic hydroxyl groups is 1. The summed E-state index contributed by atoms with van der Waals surface area (Å²) in [6, 6.07) is 7.11. The van der Waals surface area contributed by atoms with Gasteiger partial charge in [0.25, 0.3) is 0 Å². The number of hydrogen-bond donors (Lipinski definition) is 1. The van der Waals surface area contributed by atoms with Gasteiger partial charge < -0.3 is 14.6 Å². The van der Waals surface area contributed by atoms with Crippen molar-refractivity contribution in [1.29, 1.82) is 0 Å². The van der Waals surface area contributed by atoms with Crippen molar-refractivity contribution in [1.82, 2.24) is 0 Å². The minimum absolute atomic E-state index is 0.212. The molecule has 1 N–H and O–H groups in total. The zero-order chi connectivity index (χ0) is 12.0. The SMILES string of the molecule is COC(=O)CC[C@H](O)c1ccc(OC)cc1. The Balaban J connectivity index is 2.52. The molecule has 0 aliphatic rings. The average molecular weight is 224 g/mol. The first-order chi connectivity index (χ1) is 7.67. The van der Waals surface area contributed by atoms with Crippen molar-refractivity contribution in [2.24, 2.45) is 0 Å². The third kappa shape index (κ3) is 3.55. The second-order valence-corrected chi connectivity index (χ2v) is 3.40. The van der Waals surface area contributed by atoms with Crippen LogP contribution in [0.1, 0.15) is 24.5 Å². The molecule has 16 heavy (non-hydrogen) atoms. The van der Waals surface area contributed by atoms with Crippen LogP contribution in [-0.2, 0) is 9.53 Å². The molecule has 0 aliphatic heterocycles. The van der Waals surface area contributed by atoms with Crippen molar-refractivity contribution in [3.8, 4) is 5.75 Å². The fourth-order valence-corrected chi connectivity index (χ4v) is 1.35. The van der Waals surface area contributed by atoms with Gasteiger partial charge in [-0.1, -0.05) is 12.1 Å². The van der Waals surface area contributed by atoms with Crippen molar-refractivity contribution in [3.63, 3.8) is 0 Å². The van der Waals surface area contributed by atoms with E-state index in [2.05, 4.69) is 4.74 Å². The molecule has 4 nitrogen and oxygen atoms in total. The van der Waals surface area contributed by atoms with E-state index in [9.17, 15) is 9.90 Å². The molecule has 1 rings (SSSR count). The molecule has 88 valence electrons. The molecule has 0 saturated carbocycles. The van der Waals surface area contributed by atoms with E-state index < -0.39 is 6.10 Å². The van der Waals surface area contributed by atoms with E-state index in [1.165, 1.54) is 7.11 Å². The van der Waals surface area contributed by atoms with E-state index in [0.29, 0.717) is 6.42 Å². The third-order valence-electron chi connectivity index (χ3n) is 2.35. The lowest BCUT2D eigenvalue weighted by Gasteiger charge is -2.10. The molecular formula is C12H16O4. The fraction of sp³-hybridized carbons (Fsp3) is 0.417. The van der Waals surface area contributed by atoms with Crippen LogP contribution in [0, 0.1) is 0 Å². The highest BCUT2D eigenvalue weighted by molar-refractivity contribution is 5.69. The lowest BCUT2D eigenvalue weighted by atomic mass is 10.1. The molecule has 0 spiro atoms. The number of carbonyl (C=O) groups is 1. The number of ether oxygens (including phenoxy) is 2. The van der Waals surface area contributed by atoms with E-state index in [0.717, 1.165) is 11.3 Å². The van der Waals surface area contributed by atoms with Gasteiger partial charge in [0.15, 0.2) is 0 Å². The number of methoxy groups -OCH3 is 2. The molecule has 1 aromatic carbocycles. The third-order valence-corrected chi connectivity index (χ3v) is 2.35. The summed E-state index contributed by atoms with van der Waals surface area (Å²) < 4.78 is 9.51. The molecule has 1 atom stereocenters. The second kappa shape index (κ2) is 6.12. The number of carbonyl (C=O) groups excluding carboxylic acids is 1. The van der Waals surface area contributed by atoms with Gasteiger partial charge in [0.05, 0.1) is 20.3 Å². The summed E-state index contributed by atoms with van der Waals surface area (Å²) in [4.78, 5) is 10.9. The van der Waals surface area contributed by atoms with Crippen LogP contribution in [0.4, 0.5) is 0 Å². The summed E-state index contributed by atoms with van der Waals surface area (Å²) in [7, 11) is 2.92. The number of rotatable bonds is 5. The zero-order valence-corrected chi connectivity index (χ0v) is 9.47. The highest BCUT2D eigenvalue weighted by atomic mass is 16.5. The lowest BCUT2D eigenvalue weighted by molar-refractivity contribution is -0.141. The monoisotopic (exact) mass is 224 g/mol. The van der Waals surface area contributed by atoms with Crippen LogP contribution in [0.3, 0.4) is 0 Å². The normalized spacial score (nSPS) is 11.9. The van der Waals surface area contributed by atoms with E-state index in [4.69, 9.17) is 4.74 Å². The standard InChI is InChI=1S/C12H16O4/c1-15-10-5-3-9(4-6-10)11(13)7-8-12(14)16-2/h3-6,11,13H,7-8H2,1-2H3/t11-/m0/s1. The predicted molar refractivity (Wildman–Crippen MR) is 59.2 cm³/mol. The molecule has 0 unspecified atom stereocenters. The predicted octanol–water partition coefficient (Wildman–Crippen LogP) is 1.68. The van der Waals surface area contributed by atoms with Crippen LogP contribution < -0.4 is 4.74 Å². The first-order valence-electron chi connectivity index (χ1n) is 5.06. The van der Waals surface area contributed by atoms with Crippen LogP contribution in [0.5, 0.6) is 5.75 Å². The van der Waals surface area contributed by atoms with Crippen molar-refractivity contribution in [3.05, 3.63) is 29.8 Å². The quantitative estimate of drug-likeness (QED) is 0.773. The van der Waals surface area contributed by atoms with Gasteiger partial charge in [-0.15, -0.1) is 0 Å². The van der Waals surface area contributed by atoms with Gasteiger partial charge in [-0.05, 0) is 24.1 Å². The molecule has 0 amide bonds. The van der Waals surface area contributed by atoms with Gasteiger partial charge in [0.1, 0.15) is 5.75 Å². The average Bonchev–Trinajstić information content (AvgIpc) is 2.35. The van der Waals surface area contributed by atoms with Gasteiger partial charge in [0, 0.05) is 6.42 Å². The molecule has 4 heteroatoms. The fourth-order valence-electron chi connectivity index (χ4n) is 1.35. The Labute approximate surface area is 94.8 Å². The van der Waals surface area contributed by atoms with Crippen LogP contribution in [-0.4, -0.2) is 25.3 Å². The molecule has 0 saturated heterocycles. The maximum Gasteiger partial charge on any atom is 0.305 e. The van der Waals surface area contributed by atoms with Gasteiger partial charge in [-0.3, -0.25) is 4.79 Å². The topological polar surface area (TPSA) is 55.8 Å². The van der Waals surface area contributed by atoms with E-state index in [1.54, 1.807) is 31.4 Å². The molecule has 0 radical (unpaired) electrons. The number of hydrogen-bond acceptors (Lipinski definition) is 4. The smallest absolute Gasteiger partial charge is 0.305 e. The summed E-state index contributed by atoms with van der Waals surface area (Å²) in [6.07, 6.45) is -0.0760. The Morgan fingerprint density at radius 1 is 1.31 bits per heavy atom. The van der Waals surface area contributed by atoms with Crippen molar-refractivity contribution in [2.75, 3.05) is 14.2 Å². The lowest BCUT2D eigenvalue weighted by Crippen LogP contribution is -2.04. The van der Waals surface area contributed by atoms with E-state index in [1.807, 2.05) is 0 Å². The maximum absolute atomic E-state index is 10.9. The molecule has 0 fully saturated rings. The largest absolute Gasteiger partial charge is 0.497 e. The minimum atomic E-state index is -0.648. The number of benzene rings is 1. The number of esters is 1. The molecule has 0 heterocycles. The Kier molecular flexibility index (Phi) is 4.79. The first-order valence-corrected chi connectivity index (χ1v) is 5.06. The molecule has 0 aromatic heterocycles. The Morgan fingerprint density at radius 3 is 2.44 bits per heavy atom. The van der Waals surface area contributed by atoms with Gasteiger partial charge in [-0.2, -0.15) is 0 Å². The van der Waals surface area contributed by atoms with Crippen LogP contribution in [0.15, 0.2) is 24.3 Å². The summed E-state index contributed by atoms with van der Waals surface area (Å²) in [5.74, 6) is 0.427. The van der Waals surface area contributed by atoms with E-state index in [-0.39, 0.29) is 12.4 Å². The Bertz CT molecular complexity index is 331. The summed E-state index contributed by atoms with van der Waals surface area (Å²) >= 11 is 0. The first kappa shape index (κ1) is 12.5. The van der Waals surface area contributed by atoms with Crippen LogP contribution >= 0.6 is 0 Å². The van der Waals surface area contributed by atoms with Gasteiger partial charge in [-0.25, -0.2) is 0 Å². The maximum atomic E-state index is 10.9. The molecule has 1 aromatic rings. The van der Waals surface area contributed by atoms with Crippen molar-refractivity contribution in [2.45, 2.75) is 18.9 Å². The van der Waals surface area contributed by atoms with E-state index >= 15 is 0 Å². The Hall–Kier alpha value is -1.55. The summed E-state index contributed by atoms with van der Waals surface area (Å²) in [6.45, 7) is 0. The molecular weight excluding hydrogens is 208 g/mol. The second-order valence-electron chi connectivity index (χ2n) is 3.40. The van der Waals surface area contributed by atoms with Crippen molar-refractivity contribution >= 4 is 5.97 Å². The highest BCUT2D eigenvalue weighted by Gasteiger charge is 2.10. The summed E-state index contributed by atoms with van der Waals surface area (Å²) in [5, 5.41) is 9.78. The van der Waals surface area contributed by atoms with Gasteiger partial charge in [0.2, 0.25) is 0 Å². The van der Waals surface area contributed by atoms with Gasteiger partial charge >= 0.3 is 5.97 Å². The van der Waals surface area contributed by atoms with Crippen LogP contribution in [0.25, 0.3) is 0 Å². The minimum Gasteiger partial charge on any atom is -0.497 e. The molecule has 0 bridgehead atoms. The Morgan fingerprint density at radius 2 is 1.94 bits per heavy atom. The molecule has 0 aliphatic carbocycles. The van der Waals surface area contributed by atoms with Crippen LogP contribution in [0.2, 0.25) is 0 Å². The highest BCUT2D eigenvalue weighted by Crippen LogP contribution is 2.21.